The number of carbonyl (C=O) groups excluding carboxylic acids is 1. The number of rotatable bonds is 3. The SMILES string of the molecule is N#Cc1ccc2ncc(CN3CCc4ccccc4C3C(N)=O)n2c1. The second-order valence-corrected chi connectivity index (χ2v) is 6.23. The van der Waals surface area contributed by atoms with Crippen LogP contribution in [0.25, 0.3) is 5.65 Å². The number of aromatic nitrogens is 2. The monoisotopic (exact) mass is 331 g/mol. The highest BCUT2D eigenvalue weighted by Crippen LogP contribution is 2.30. The van der Waals surface area contributed by atoms with Gasteiger partial charge in [-0.15, -0.1) is 0 Å². The number of carbonyl (C=O) groups is 1. The van der Waals surface area contributed by atoms with Crippen LogP contribution in [0.1, 0.15) is 28.4 Å². The van der Waals surface area contributed by atoms with Crippen LogP contribution in [-0.2, 0) is 17.8 Å². The number of pyridine rings is 1. The smallest absolute Gasteiger partial charge is 0.239 e. The fourth-order valence-corrected chi connectivity index (χ4v) is 3.54. The van der Waals surface area contributed by atoms with E-state index in [2.05, 4.69) is 22.0 Å². The number of primary amides is 1. The Kier molecular flexibility index (Phi) is 3.71. The van der Waals surface area contributed by atoms with Gasteiger partial charge in [-0.3, -0.25) is 9.69 Å². The molecule has 0 bridgehead atoms. The highest BCUT2D eigenvalue weighted by molar-refractivity contribution is 5.82. The summed E-state index contributed by atoms with van der Waals surface area (Å²) in [6.07, 6.45) is 4.43. The van der Waals surface area contributed by atoms with Crippen LogP contribution >= 0.6 is 0 Å². The van der Waals surface area contributed by atoms with Gasteiger partial charge in [-0.05, 0) is 29.7 Å². The van der Waals surface area contributed by atoms with E-state index < -0.39 is 6.04 Å². The lowest BCUT2D eigenvalue weighted by atomic mass is 9.92. The van der Waals surface area contributed by atoms with Crippen LogP contribution in [0.15, 0.2) is 48.8 Å². The van der Waals surface area contributed by atoms with Crippen molar-refractivity contribution in [2.45, 2.75) is 19.0 Å². The molecule has 25 heavy (non-hydrogen) atoms. The largest absolute Gasteiger partial charge is 0.368 e. The zero-order valence-corrected chi connectivity index (χ0v) is 13.6. The molecule has 4 rings (SSSR count). The molecule has 6 heteroatoms. The first-order valence-corrected chi connectivity index (χ1v) is 8.14. The fourth-order valence-electron chi connectivity index (χ4n) is 3.54. The van der Waals surface area contributed by atoms with Gasteiger partial charge in [0, 0.05) is 19.3 Å². The van der Waals surface area contributed by atoms with E-state index in [4.69, 9.17) is 11.0 Å². The molecule has 2 aromatic heterocycles. The normalized spacial score (nSPS) is 17.2. The summed E-state index contributed by atoms with van der Waals surface area (Å²) in [5.41, 5.74) is 10.1. The lowest BCUT2D eigenvalue weighted by Crippen LogP contribution is -2.42. The number of nitriles is 1. The van der Waals surface area contributed by atoms with Gasteiger partial charge in [0.1, 0.15) is 17.8 Å². The Morgan fingerprint density at radius 2 is 2.16 bits per heavy atom. The highest BCUT2D eigenvalue weighted by atomic mass is 16.1. The van der Waals surface area contributed by atoms with Crippen molar-refractivity contribution in [3.63, 3.8) is 0 Å². The molecule has 0 saturated heterocycles. The average molecular weight is 331 g/mol. The standard InChI is InChI=1S/C19H17N5O/c20-9-13-5-6-17-22-10-15(24(17)11-13)12-23-8-7-14-3-1-2-4-16(14)18(23)19(21)25/h1-6,10-11,18H,7-8,12H2,(H2,21,25). The molecule has 0 fully saturated rings. The van der Waals surface area contributed by atoms with Gasteiger partial charge in [0.2, 0.25) is 5.91 Å². The molecular weight excluding hydrogens is 314 g/mol. The molecule has 0 saturated carbocycles. The lowest BCUT2D eigenvalue weighted by Gasteiger charge is -2.35. The van der Waals surface area contributed by atoms with Gasteiger partial charge in [0.05, 0.1) is 17.5 Å². The minimum atomic E-state index is -0.449. The molecule has 0 spiro atoms. The van der Waals surface area contributed by atoms with Gasteiger partial charge in [-0.2, -0.15) is 5.26 Å². The van der Waals surface area contributed by atoms with Gasteiger partial charge >= 0.3 is 0 Å². The van der Waals surface area contributed by atoms with Crippen molar-refractivity contribution in [1.82, 2.24) is 14.3 Å². The van der Waals surface area contributed by atoms with E-state index in [9.17, 15) is 4.79 Å². The summed E-state index contributed by atoms with van der Waals surface area (Å²) in [6.45, 7) is 1.29. The van der Waals surface area contributed by atoms with Gasteiger partial charge in [0.25, 0.3) is 0 Å². The third-order valence-electron chi connectivity index (χ3n) is 4.73. The van der Waals surface area contributed by atoms with Crippen LogP contribution in [0, 0.1) is 11.3 Å². The lowest BCUT2D eigenvalue weighted by molar-refractivity contribution is -0.124. The summed E-state index contributed by atoms with van der Waals surface area (Å²) in [7, 11) is 0. The van der Waals surface area contributed by atoms with Crippen LogP contribution < -0.4 is 5.73 Å². The molecule has 3 heterocycles. The van der Waals surface area contributed by atoms with Crippen LogP contribution in [-0.4, -0.2) is 26.7 Å². The van der Waals surface area contributed by atoms with E-state index in [0.29, 0.717) is 12.1 Å². The molecule has 1 atom stereocenters. The predicted octanol–water partition coefficient (Wildman–Crippen LogP) is 1.79. The maximum absolute atomic E-state index is 12.1. The molecule has 1 unspecified atom stereocenters. The molecular formula is C19H17N5O. The molecule has 1 aromatic carbocycles. The third kappa shape index (κ3) is 2.65. The van der Waals surface area contributed by atoms with Crippen molar-refractivity contribution in [2.24, 2.45) is 5.73 Å². The van der Waals surface area contributed by atoms with Crippen molar-refractivity contribution in [3.05, 3.63) is 71.2 Å². The van der Waals surface area contributed by atoms with E-state index in [1.165, 1.54) is 5.56 Å². The van der Waals surface area contributed by atoms with E-state index >= 15 is 0 Å². The van der Waals surface area contributed by atoms with Crippen LogP contribution in [0.3, 0.4) is 0 Å². The second-order valence-electron chi connectivity index (χ2n) is 6.23. The quantitative estimate of drug-likeness (QED) is 0.792. The molecule has 2 N–H and O–H groups in total. The summed E-state index contributed by atoms with van der Waals surface area (Å²) < 4.78 is 1.90. The van der Waals surface area contributed by atoms with Crippen molar-refractivity contribution < 1.29 is 4.79 Å². The van der Waals surface area contributed by atoms with E-state index in [1.54, 1.807) is 18.5 Å². The van der Waals surface area contributed by atoms with E-state index in [-0.39, 0.29) is 5.91 Å². The zero-order valence-electron chi connectivity index (χ0n) is 13.6. The van der Waals surface area contributed by atoms with Crippen molar-refractivity contribution in [1.29, 1.82) is 5.26 Å². The Morgan fingerprint density at radius 1 is 1.32 bits per heavy atom. The summed E-state index contributed by atoms with van der Waals surface area (Å²) in [4.78, 5) is 18.6. The molecule has 3 aromatic rings. The predicted molar refractivity (Wildman–Crippen MR) is 92.4 cm³/mol. The van der Waals surface area contributed by atoms with Gasteiger partial charge in [-0.25, -0.2) is 4.98 Å². The number of nitrogens with zero attached hydrogens (tertiary/aromatic N) is 4. The fraction of sp³-hybridized carbons (Fsp3) is 0.211. The summed E-state index contributed by atoms with van der Waals surface area (Å²) >= 11 is 0. The Hall–Kier alpha value is -3.17. The summed E-state index contributed by atoms with van der Waals surface area (Å²) in [5, 5.41) is 9.12. The number of hydrogen-bond donors (Lipinski definition) is 1. The Labute approximate surface area is 145 Å². The zero-order chi connectivity index (χ0) is 17.4. The van der Waals surface area contributed by atoms with Gasteiger partial charge in [0.15, 0.2) is 0 Å². The first-order chi connectivity index (χ1) is 12.2. The third-order valence-corrected chi connectivity index (χ3v) is 4.73. The van der Waals surface area contributed by atoms with Crippen LogP contribution in [0.4, 0.5) is 0 Å². The summed E-state index contributed by atoms with van der Waals surface area (Å²) in [5.74, 6) is -0.348. The number of fused-ring (bicyclic) bond motifs is 2. The summed E-state index contributed by atoms with van der Waals surface area (Å²) in [6, 6.07) is 13.2. The van der Waals surface area contributed by atoms with Gasteiger partial charge < -0.3 is 10.1 Å². The van der Waals surface area contributed by atoms with E-state index in [1.807, 2.05) is 28.7 Å². The number of amides is 1. The Bertz CT molecular complexity index is 1000. The number of hydrogen-bond acceptors (Lipinski definition) is 4. The highest BCUT2D eigenvalue weighted by Gasteiger charge is 2.31. The second kappa shape index (κ2) is 6.04. The van der Waals surface area contributed by atoms with Gasteiger partial charge in [-0.1, -0.05) is 24.3 Å². The van der Waals surface area contributed by atoms with E-state index in [0.717, 1.165) is 29.9 Å². The number of benzene rings is 1. The molecule has 0 radical (unpaired) electrons. The molecule has 6 nitrogen and oxygen atoms in total. The maximum atomic E-state index is 12.1. The molecule has 1 amide bonds. The maximum Gasteiger partial charge on any atom is 0.239 e. The van der Waals surface area contributed by atoms with Crippen LogP contribution in [0.5, 0.6) is 0 Å². The van der Waals surface area contributed by atoms with Crippen molar-refractivity contribution >= 4 is 11.6 Å². The number of imidazole rings is 1. The average Bonchev–Trinajstić information content (AvgIpc) is 3.03. The first-order valence-electron chi connectivity index (χ1n) is 8.14. The molecule has 124 valence electrons. The Balaban J connectivity index is 1.71. The molecule has 0 aliphatic carbocycles. The number of nitrogens with two attached hydrogens (primary N) is 1. The molecule has 1 aliphatic rings. The minimum Gasteiger partial charge on any atom is -0.368 e. The topological polar surface area (TPSA) is 87.4 Å². The first kappa shape index (κ1) is 15.4. The minimum absolute atomic E-state index is 0.348. The molecule has 1 aliphatic heterocycles. The van der Waals surface area contributed by atoms with Crippen LogP contribution in [0.2, 0.25) is 0 Å². The van der Waals surface area contributed by atoms with Crippen molar-refractivity contribution in [3.8, 4) is 6.07 Å². The Morgan fingerprint density at radius 3 is 2.96 bits per heavy atom. The van der Waals surface area contributed by atoms with Crippen molar-refractivity contribution in [2.75, 3.05) is 6.54 Å².